The van der Waals surface area contributed by atoms with E-state index in [-0.39, 0.29) is 18.3 Å². The van der Waals surface area contributed by atoms with Gasteiger partial charge in [-0.3, -0.25) is 4.79 Å². The fourth-order valence-corrected chi connectivity index (χ4v) is 2.81. The van der Waals surface area contributed by atoms with Crippen molar-refractivity contribution >= 4 is 45.8 Å². The second-order valence-electron chi connectivity index (χ2n) is 4.88. The quantitative estimate of drug-likeness (QED) is 0.846. The molecule has 0 bridgehead atoms. The SMILES string of the molecule is CN(C(=O)c1ccc(Br)c(Cl)c1)C1CCCNCC1.Cl. The van der Waals surface area contributed by atoms with Gasteiger partial charge >= 0.3 is 0 Å². The van der Waals surface area contributed by atoms with Crippen LogP contribution in [0.1, 0.15) is 29.6 Å². The van der Waals surface area contributed by atoms with Gasteiger partial charge in [0.15, 0.2) is 0 Å². The lowest BCUT2D eigenvalue weighted by Crippen LogP contribution is -2.37. The number of rotatable bonds is 2. The van der Waals surface area contributed by atoms with E-state index in [2.05, 4.69) is 21.2 Å². The van der Waals surface area contributed by atoms with E-state index >= 15 is 0 Å². The van der Waals surface area contributed by atoms with Crippen LogP contribution in [0.15, 0.2) is 22.7 Å². The van der Waals surface area contributed by atoms with E-state index in [0.717, 1.165) is 36.8 Å². The highest BCUT2D eigenvalue weighted by molar-refractivity contribution is 9.10. The van der Waals surface area contributed by atoms with Crippen LogP contribution in [0.2, 0.25) is 5.02 Å². The third-order valence-electron chi connectivity index (χ3n) is 3.58. The Bertz CT molecular complexity index is 462. The molecule has 1 heterocycles. The Morgan fingerprint density at radius 1 is 1.40 bits per heavy atom. The molecule has 1 aliphatic heterocycles. The number of amides is 1. The van der Waals surface area contributed by atoms with Crippen molar-refractivity contribution in [2.75, 3.05) is 20.1 Å². The summed E-state index contributed by atoms with van der Waals surface area (Å²) < 4.78 is 0.812. The largest absolute Gasteiger partial charge is 0.339 e. The van der Waals surface area contributed by atoms with E-state index in [9.17, 15) is 4.79 Å². The van der Waals surface area contributed by atoms with Crippen LogP contribution >= 0.6 is 39.9 Å². The van der Waals surface area contributed by atoms with Gasteiger partial charge in [-0.15, -0.1) is 12.4 Å². The standard InChI is InChI=1S/C14H18BrClN2O.ClH/c1-18(11-3-2-7-17-8-6-11)14(19)10-4-5-12(15)13(16)9-10;/h4-5,9,11,17H,2-3,6-8H2,1H3;1H. The normalized spacial score (nSPS) is 18.9. The van der Waals surface area contributed by atoms with Crippen molar-refractivity contribution in [3.05, 3.63) is 33.3 Å². The van der Waals surface area contributed by atoms with Crippen molar-refractivity contribution in [1.82, 2.24) is 10.2 Å². The van der Waals surface area contributed by atoms with Crippen molar-refractivity contribution in [3.8, 4) is 0 Å². The van der Waals surface area contributed by atoms with Gasteiger partial charge in [0.1, 0.15) is 0 Å². The van der Waals surface area contributed by atoms with E-state index in [0.29, 0.717) is 16.6 Å². The molecular weight excluding hydrogens is 363 g/mol. The molecule has 0 spiro atoms. The monoisotopic (exact) mass is 380 g/mol. The second-order valence-corrected chi connectivity index (χ2v) is 6.14. The van der Waals surface area contributed by atoms with Crippen LogP contribution in [0.3, 0.4) is 0 Å². The highest BCUT2D eigenvalue weighted by Gasteiger charge is 2.22. The third kappa shape index (κ3) is 4.35. The summed E-state index contributed by atoms with van der Waals surface area (Å²) in [5.41, 5.74) is 0.646. The molecule has 1 unspecified atom stereocenters. The summed E-state index contributed by atoms with van der Waals surface area (Å²) in [6.07, 6.45) is 3.18. The molecule has 1 aliphatic rings. The number of hydrogen-bond donors (Lipinski definition) is 1. The molecule has 0 aromatic heterocycles. The lowest BCUT2D eigenvalue weighted by Gasteiger charge is -2.27. The summed E-state index contributed by atoms with van der Waals surface area (Å²) in [4.78, 5) is 14.3. The number of hydrogen-bond acceptors (Lipinski definition) is 2. The predicted molar refractivity (Wildman–Crippen MR) is 89.0 cm³/mol. The van der Waals surface area contributed by atoms with Gasteiger partial charge in [-0.2, -0.15) is 0 Å². The Kier molecular flexibility index (Phi) is 7.30. The fraction of sp³-hybridized carbons (Fsp3) is 0.500. The minimum Gasteiger partial charge on any atom is -0.339 e. The van der Waals surface area contributed by atoms with E-state index < -0.39 is 0 Å². The summed E-state index contributed by atoms with van der Waals surface area (Å²) >= 11 is 9.38. The highest BCUT2D eigenvalue weighted by atomic mass is 79.9. The Balaban J connectivity index is 0.00000200. The molecule has 0 saturated carbocycles. The van der Waals surface area contributed by atoms with Crippen LogP contribution in [-0.2, 0) is 0 Å². The van der Waals surface area contributed by atoms with E-state index in [4.69, 9.17) is 11.6 Å². The van der Waals surface area contributed by atoms with Gasteiger partial charge in [-0.05, 0) is 66.5 Å². The molecular formula is C14H19BrCl2N2O. The summed E-state index contributed by atoms with van der Waals surface area (Å²) in [5, 5.41) is 3.93. The molecule has 1 aromatic carbocycles. The average Bonchev–Trinajstić information content (AvgIpc) is 2.69. The topological polar surface area (TPSA) is 32.3 Å². The Hall–Kier alpha value is -0.290. The maximum atomic E-state index is 12.5. The van der Waals surface area contributed by atoms with Gasteiger partial charge in [-0.25, -0.2) is 0 Å². The minimum atomic E-state index is 0. The number of nitrogens with one attached hydrogen (secondary N) is 1. The van der Waals surface area contributed by atoms with Crippen LogP contribution in [0.5, 0.6) is 0 Å². The van der Waals surface area contributed by atoms with Crippen LogP contribution in [-0.4, -0.2) is 37.0 Å². The molecule has 6 heteroatoms. The van der Waals surface area contributed by atoms with E-state index in [1.54, 1.807) is 6.07 Å². The fourth-order valence-electron chi connectivity index (χ4n) is 2.39. The highest BCUT2D eigenvalue weighted by Crippen LogP contribution is 2.24. The summed E-state index contributed by atoms with van der Waals surface area (Å²) in [6.45, 7) is 2.02. The first kappa shape index (κ1) is 17.8. The number of nitrogens with zero attached hydrogens (tertiary/aromatic N) is 1. The average molecular weight is 382 g/mol. The van der Waals surface area contributed by atoms with Crippen molar-refractivity contribution in [2.24, 2.45) is 0 Å². The van der Waals surface area contributed by atoms with Gasteiger partial charge in [0.05, 0.1) is 5.02 Å². The lowest BCUT2D eigenvalue weighted by molar-refractivity contribution is 0.0720. The van der Waals surface area contributed by atoms with Crippen molar-refractivity contribution in [3.63, 3.8) is 0 Å². The van der Waals surface area contributed by atoms with Crippen molar-refractivity contribution in [2.45, 2.75) is 25.3 Å². The third-order valence-corrected chi connectivity index (χ3v) is 4.81. The molecule has 112 valence electrons. The maximum Gasteiger partial charge on any atom is 0.253 e. The number of benzene rings is 1. The number of halogens is 3. The zero-order valence-corrected chi connectivity index (χ0v) is 14.5. The maximum absolute atomic E-state index is 12.5. The minimum absolute atomic E-state index is 0. The first-order valence-corrected chi connectivity index (χ1v) is 7.69. The van der Waals surface area contributed by atoms with E-state index in [1.165, 1.54) is 0 Å². The first-order chi connectivity index (χ1) is 9.09. The summed E-state index contributed by atoms with van der Waals surface area (Å²) in [6, 6.07) is 5.66. The second kappa shape index (κ2) is 8.23. The molecule has 2 rings (SSSR count). The molecule has 1 saturated heterocycles. The zero-order chi connectivity index (χ0) is 13.8. The lowest BCUT2D eigenvalue weighted by atomic mass is 10.1. The van der Waals surface area contributed by atoms with Crippen LogP contribution in [0, 0.1) is 0 Å². The molecule has 1 atom stereocenters. The van der Waals surface area contributed by atoms with Gasteiger partial charge < -0.3 is 10.2 Å². The van der Waals surface area contributed by atoms with E-state index in [1.807, 2.05) is 24.1 Å². The van der Waals surface area contributed by atoms with Crippen LogP contribution < -0.4 is 5.32 Å². The van der Waals surface area contributed by atoms with Gasteiger partial charge in [0, 0.05) is 23.1 Å². The van der Waals surface area contributed by atoms with Gasteiger partial charge in [-0.1, -0.05) is 11.6 Å². The first-order valence-electron chi connectivity index (χ1n) is 6.52. The zero-order valence-electron chi connectivity index (χ0n) is 11.4. The number of carbonyl (C=O) groups is 1. The Labute approximate surface area is 139 Å². The molecule has 0 aliphatic carbocycles. The van der Waals surface area contributed by atoms with Crippen molar-refractivity contribution < 1.29 is 4.79 Å². The molecule has 3 nitrogen and oxygen atoms in total. The summed E-state index contributed by atoms with van der Waals surface area (Å²) in [5.74, 6) is 0.0429. The van der Waals surface area contributed by atoms with Gasteiger partial charge in [0.2, 0.25) is 0 Å². The molecule has 1 aromatic rings. The molecule has 20 heavy (non-hydrogen) atoms. The van der Waals surface area contributed by atoms with Crippen LogP contribution in [0.4, 0.5) is 0 Å². The molecule has 0 radical (unpaired) electrons. The predicted octanol–water partition coefficient (Wildman–Crippen LogP) is 3.74. The van der Waals surface area contributed by atoms with Crippen molar-refractivity contribution in [1.29, 1.82) is 0 Å². The Morgan fingerprint density at radius 2 is 2.15 bits per heavy atom. The molecule has 1 N–H and O–H groups in total. The number of carbonyl (C=O) groups excluding carboxylic acids is 1. The van der Waals surface area contributed by atoms with Crippen LogP contribution in [0.25, 0.3) is 0 Å². The Morgan fingerprint density at radius 3 is 2.85 bits per heavy atom. The summed E-state index contributed by atoms with van der Waals surface area (Å²) in [7, 11) is 1.88. The van der Waals surface area contributed by atoms with Gasteiger partial charge in [0.25, 0.3) is 5.91 Å². The molecule has 1 amide bonds. The molecule has 1 fully saturated rings. The smallest absolute Gasteiger partial charge is 0.253 e.